The van der Waals surface area contributed by atoms with Crippen molar-refractivity contribution >= 4 is 17.2 Å². The molecule has 1 aliphatic rings. The van der Waals surface area contributed by atoms with Crippen LogP contribution in [0.25, 0.3) is 11.3 Å². The first-order chi connectivity index (χ1) is 14.6. The molecule has 0 spiro atoms. The van der Waals surface area contributed by atoms with Crippen molar-refractivity contribution in [1.82, 2.24) is 4.57 Å². The fourth-order valence-electron chi connectivity index (χ4n) is 3.92. The summed E-state index contributed by atoms with van der Waals surface area (Å²) in [6.07, 6.45) is 2.00. The van der Waals surface area contributed by atoms with Crippen molar-refractivity contribution in [3.8, 4) is 22.8 Å². The van der Waals surface area contributed by atoms with Gasteiger partial charge < -0.3 is 14.2 Å². The third-order valence-corrected chi connectivity index (χ3v) is 5.52. The Morgan fingerprint density at radius 2 is 1.57 bits per heavy atom. The number of nitrogens with zero attached hydrogens (tertiary/aromatic N) is 4. The summed E-state index contributed by atoms with van der Waals surface area (Å²) >= 11 is 0. The third kappa shape index (κ3) is 2.95. The first-order valence-electron chi connectivity index (χ1n) is 9.93. The molecule has 2 aromatic carbocycles. The van der Waals surface area contributed by atoms with Crippen LogP contribution in [0.5, 0.6) is 11.5 Å². The normalized spacial score (nSPS) is 12.9. The summed E-state index contributed by atoms with van der Waals surface area (Å²) in [6, 6.07) is 26.5. The van der Waals surface area contributed by atoms with Crippen LogP contribution in [0, 0.1) is 0 Å². The first kappa shape index (κ1) is 18.2. The fourth-order valence-corrected chi connectivity index (χ4v) is 3.92. The van der Waals surface area contributed by atoms with Gasteiger partial charge in [-0.3, -0.25) is 0 Å². The Balaban J connectivity index is 1.69. The third-order valence-electron chi connectivity index (χ3n) is 5.52. The van der Waals surface area contributed by atoms with Gasteiger partial charge in [-0.05, 0) is 35.3 Å². The number of pyridine rings is 2. The Morgan fingerprint density at radius 1 is 0.800 bits per heavy atom. The predicted octanol–water partition coefficient (Wildman–Crippen LogP) is 4.62. The maximum absolute atomic E-state index is 6.21. The van der Waals surface area contributed by atoms with E-state index in [0.29, 0.717) is 0 Å². The summed E-state index contributed by atoms with van der Waals surface area (Å²) in [5, 5.41) is 0. The molecule has 4 aromatic rings. The highest BCUT2D eigenvalue weighted by molar-refractivity contribution is 5.88. The SMILES string of the molecule is CN1c2ccccc2Oc2cccc(-c3ccc/c(=N/c4cccc[n+]4C)n3C)c21. The minimum absolute atomic E-state index is 0.852. The molecular formula is C25H23N4O+. The lowest BCUT2D eigenvalue weighted by Gasteiger charge is -2.31. The van der Waals surface area contributed by atoms with E-state index < -0.39 is 0 Å². The van der Waals surface area contributed by atoms with Gasteiger partial charge in [-0.1, -0.05) is 36.4 Å². The second-order valence-electron chi connectivity index (χ2n) is 7.39. The van der Waals surface area contributed by atoms with E-state index in [4.69, 9.17) is 9.73 Å². The number of ether oxygens (including phenoxy) is 1. The molecule has 1 aliphatic heterocycles. The predicted molar refractivity (Wildman–Crippen MR) is 118 cm³/mol. The number of hydrogen-bond donors (Lipinski definition) is 0. The van der Waals surface area contributed by atoms with Crippen molar-refractivity contribution in [2.45, 2.75) is 0 Å². The van der Waals surface area contributed by atoms with Gasteiger partial charge in [0, 0.05) is 31.8 Å². The van der Waals surface area contributed by atoms with E-state index in [1.807, 2.05) is 85.5 Å². The largest absolute Gasteiger partial charge is 0.453 e. The van der Waals surface area contributed by atoms with Gasteiger partial charge in [0.25, 0.3) is 0 Å². The van der Waals surface area contributed by atoms with Crippen molar-refractivity contribution in [3.05, 3.63) is 90.5 Å². The van der Waals surface area contributed by atoms with E-state index in [-0.39, 0.29) is 0 Å². The van der Waals surface area contributed by atoms with Crippen LogP contribution in [0.4, 0.5) is 17.2 Å². The van der Waals surface area contributed by atoms with Gasteiger partial charge in [0.05, 0.1) is 30.3 Å². The molecule has 0 N–H and O–H groups in total. The topological polar surface area (TPSA) is 33.6 Å². The molecule has 0 bridgehead atoms. The highest BCUT2D eigenvalue weighted by Crippen LogP contribution is 2.49. The van der Waals surface area contributed by atoms with Crippen LogP contribution in [0.2, 0.25) is 0 Å². The molecule has 5 nitrogen and oxygen atoms in total. The zero-order valence-corrected chi connectivity index (χ0v) is 17.3. The number of aromatic nitrogens is 2. The van der Waals surface area contributed by atoms with Crippen LogP contribution >= 0.6 is 0 Å². The van der Waals surface area contributed by atoms with Crippen LogP contribution in [0.3, 0.4) is 0 Å². The van der Waals surface area contributed by atoms with Gasteiger partial charge in [0.15, 0.2) is 11.5 Å². The molecule has 0 radical (unpaired) electrons. The molecule has 3 heterocycles. The number of anilines is 2. The van der Waals surface area contributed by atoms with Gasteiger partial charge in [-0.15, -0.1) is 0 Å². The lowest BCUT2D eigenvalue weighted by atomic mass is 10.0. The van der Waals surface area contributed by atoms with Crippen LogP contribution in [0.15, 0.2) is 90.1 Å². The van der Waals surface area contributed by atoms with E-state index in [0.717, 1.165) is 45.4 Å². The maximum Gasteiger partial charge on any atom is 0.325 e. The minimum Gasteiger partial charge on any atom is -0.453 e. The average molecular weight is 395 g/mol. The average Bonchev–Trinajstić information content (AvgIpc) is 2.76. The Labute approximate surface area is 175 Å². The van der Waals surface area contributed by atoms with Gasteiger partial charge in [-0.2, -0.15) is 0 Å². The zero-order chi connectivity index (χ0) is 20.7. The number of hydrogen-bond acceptors (Lipinski definition) is 3. The summed E-state index contributed by atoms with van der Waals surface area (Å²) < 4.78 is 10.3. The van der Waals surface area contributed by atoms with E-state index in [1.54, 1.807) is 0 Å². The van der Waals surface area contributed by atoms with Gasteiger partial charge >= 0.3 is 5.82 Å². The van der Waals surface area contributed by atoms with Crippen LogP contribution in [-0.2, 0) is 14.1 Å². The molecule has 0 atom stereocenters. The second kappa shape index (κ2) is 7.19. The summed E-state index contributed by atoms with van der Waals surface area (Å²) in [6.45, 7) is 0. The van der Waals surface area contributed by atoms with Gasteiger partial charge in [-0.25, -0.2) is 4.57 Å². The molecular weight excluding hydrogens is 372 g/mol. The molecule has 0 aliphatic carbocycles. The van der Waals surface area contributed by atoms with Crippen LogP contribution in [0.1, 0.15) is 0 Å². The van der Waals surface area contributed by atoms with E-state index in [9.17, 15) is 0 Å². The standard InChI is InChI=1S/C25H23N4O/c1-27-17-7-6-15-23(27)26-24-16-9-12-19(28(24)2)18-10-8-14-22-25(18)29(3)20-11-4-5-13-21(20)30-22/h4-17H,1-3H3/q+1. The molecule has 0 fully saturated rings. The molecule has 5 heteroatoms. The Morgan fingerprint density at radius 3 is 2.43 bits per heavy atom. The summed E-state index contributed by atoms with van der Waals surface area (Å²) in [5.74, 6) is 2.62. The highest BCUT2D eigenvalue weighted by Gasteiger charge is 2.25. The number of fused-ring (bicyclic) bond motifs is 2. The zero-order valence-electron chi connectivity index (χ0n) is 17.3. The smallest absolute Gasteiger partial charge is 0.325 e. The maximum atomic E-state index is 6.21. The van der Waals surface area contributed by atoms with Crippen molar-refractivity contribution < 1.29 is 9.30 Å². The van der Waals surface area contributed by atoms with Crippen LogP contribution < -0.4 is 19.7 Å². The first-order valence-corrected chi connectivity index (χ1v) is 9.93. The second-order valence-corrected chi connectivity index (χ2v) is 7.39. The number of aryl methyl sites for hydroxylation is 1. The van der Waals surface area contributed by atoms with Gasteiger partial charge in [0.1, 0.15) is 0 Å². The molecule has 5 rings (SSSR count). The van der Waals surface area contributed by atoms with Crippen molar-refractivity contribution in [1.29, 1.82) is 0 Å². The van der Waals surface area contributed by atoms with Crippen molar-refractivity contribution in [3.63, 3.8) is 0 Å². The molecule has 0 saturated heterocycles. The van der Waals surface area contributed by atoms with Crippen molar-refractivity contribution in [2.75, 3.05) is 11.9 Å². The van der Waals surface area contributed by atoms with Crippen LogP contribution in [-0.4, -0.2) is 11.6 Å². The molecule has 148 valence electrons. The van der Waals surface area contributed by atoms with Gasteiger partial charge in [0.2, 0.25) is 5.49 Å². The summed E-state index contributed by atoms with van der Waals surface area (Å²) in [7, 11) is 6.13. The van der Waals surface area contributed by atoms with Crippen molar-refractivity contribution in [2.24, 2.45) is 19.1 Å². The monoisotopic (exact) mass is 395 g/mol. The Hall–Kier alpha value is -3.86. The lowest BCUT2D eigenvalue weighted by Crippen LogP contribution is -2.29. The Bertz CT molecular complexity index is 1320. The van der Waals surface area contributed by atoms with E-state index in [2.05, 4.69) is 34.7 Å². The minimum atomic E-state index is 0.852. The summed E-state index contributed by atoms with van der Waals surface area (Å²) in [4.78, 5) is 7.07. The quantitative estimate of drug-likeness (QED) is 0.464. The highest BCUT2D eigenvalue weighted by atomic mass is 16.5. The number of rotatable bonds is 2. The van der Waals surface area contributed by atoms with E-state index >= 15 is 0 Å². The lowest BCUT2D eigenvalue weighted by molar-refractivity contribution is -0.658. The Kier molecular flexibility index (Phi) is 4.36. The molecule has 30 heavy (non-hydrogen) atoms. The molecule has 0 saturated carbocycles. The number of para-hydroxylation sites is 3. The molecule has 0 amide bonds. The molecule has 2 aromatic heterocycles. The van der Waals surface area contributed by atoms with E-state index in [1.165, 1.54) is 0 Å². The molecule has 0 unspecified atom stereocenters. The number of benzene rings is 2. The fraction of sp³-hybridized carbons (Fsp3) is 0.120. The summed E-state index contributed by atoms with van der Waals surface area (Å²) in [5.41, 5.74) is 5.15.